The molecule has 1 aromatic rings. The van der Waals surface area contributed by atoms with Crippen molar-refractivity contribution in [1.29, 1.82) is 0 Å². The van der Waals surface area contributed by atoms with Crippen LogP contribution >= 0.6 is 0 Å². The van der Waals surface area contributed by atoms with Crippen LogP contribution in [0, 0.1) is 0 Å². The zero-order valence-electron chi connectivity index (χ0n) is 13.2. The smallest absolute Gasteiger partial charge is 0.325 e. The number of rotatable bonds is 9. The minimum absolute atomic E-state index is 0.0544. The summed E-state index contributed by atoms with van der Waals surface area (Å²) >= 11 is 0. The fraction of sp³-hybridized carbons (Fsp3) is 0.600. The number of benzene rings is 1. The molecule has 1 unspecified atom stereocenters. The Bertz CT molecular complexity index is 524. The summed E-state index contributed by atoms with van der Waals surface area (Å²) in [6.45, 7) is 2.19. The van der Waals surface area contributed by atoms with Gasteiger partial charge in [-0.25, -0.2) is 4.21 Å². The minimum Gasteiger partial charge on any atom is -0.496 e. The van der Waals surface area contributed by atoms with Crippen molar-refractivity contribution in [3.05, 3.63) is 17.7 Å². The lowest BCUT2D eigenvalue weighted by Gasteiger charge is -2.19. The maximum Gasteiger partial charge on any atom is 0.325 e. The fourth-order valence-electron chi connectivity index (χ4n) is 2.06. The standard InChI is InChI=1S/C15H23F2NO3S/c1-4-5-7-15(16,17)22(19)14-10-12(20-2)11(6-8-18)9-13(14)21-3/h9-10H,4-8,18H2,1-3H3. The van der Waals surface area contributed by atoms with Crippen molar-refractivity contribution in [2.45, 2.75) is 42.8 Å². The Labute approximate surface area is 132 Å². The predicted octanol–water partition coefficient (Wildman–Crippen LogP) is 3.10. The summed E-state index contributed by atoms with van der Waals surface area (Å²) in [7, 11) is 0.294. The van der Waals surface area contributed by atoms with Gasteiger partial charge >= 0.3 is 5.25 Å². The van der Waals surface area contributed by atoms with Crippen LogP contribution in [0.3, 0.4) is 0 Å². The van der Waals surface area contributed by atoms with Crippen LogP contribution in [-0.2, 0) is 17.2 Å². The summed E-state index contributed by atoms with van der Waals surface area (Å²) in [4.78, 5) is -0.0544. The molecule has 7 heteroatoms. The number of hydrogen-bond donors (Lipinski definition) is 1. The monoisotopic (exact) mass is 335 g/mol. The molecule has 1 rings (SSSR count). The van der Waals surface area contributed by atoms with Crippen LogP contribution in [0.4, 0.5) is 8.78 Å². The SMILES string of the molecule is CCCCC(F)(F)S(=O)c1cc(OC)c(CCN)cc1OC. The van der Waals surface area contributed by atoms with Crippen molar-refractivity contribution in [2.24, 2.45) is 5.73 Å². The van der Waals surface area contributed by atoms with Crippen molar-refractivity contribution < 1.29 is 22.5 Å². The number of hydrogen-bond acceptors (Lipinski definition) is 4. The van der Waals surface area contributed by atoms with E-state index in [1.54, 1.807) is 6.07 Å². The van der Waals surface area contributed by atoms with Crippen molar-refractivity contribution in [3.63, 3.8) is 0 Å². The number of ether oxygens (including phenoxy) is 2. The lowest BCUT2D eigenvalue weighted by atomic mass is 10.1. The van der Waals surface area contributed by atoms with Crippen LogP contribution in [0.5, 0.6) is 11.5 Å². The third-order valence-corrected chi connectivity index (χ3v) is 4.74. The van der Waals surface area contributed by atoms with Crippen LogP contribution in [0.2, 0.25) is 0 Å². The van der Waals surface area contributed by atoms with Gasteiger partial charge in [0.25, 0.3) is 0 Å². The molecule has 0 amide bonds. The van der Waals surface area contributed by atoms with Gasteiger partial charge in [-0.05, 0) is 31.0 Å². The third kappa shape index (κ3) is 4.39. The molecule has 0 aliphatic heterocycles. The Morgan fingerprint density at radius 3 is 2.36 bits per heavy atom. The van der Waals surface area contributed by atoms with E-state index in [-0.39, 0.29) is 10.6 Å². The Morgan fingerprint density at radius 2 is 1.86 bits per heavy atom. The van der Waals surface area contributed by atoms with E-state index in [0.29, 0.717) is 31.6 Å². The molecule has 0 saturated heterocycles. The highest BCUT2D eigenvalue weighted by Crippen LogP contribution is 2.38. The summed E-state index contributed by atoms with van der Waals surface area (Å²) in [5.41, 5.74) is 6.26. The molecule has 22 heavy (non-hydrogen) atoms. The van der Waals surface area contributed by atoms with Gasteiger partial charge < -0.3 is 15.2 Å². The first kappa shape index (κ1) is 18.8. The highest BCUT2D eigenvalue weighted by molar-refractivity contribution is 7.86. The van der Waals surface area contributed by atoms with Gasteiger partial charge in [-0.1, -0.05) is 13.3 Å². The maximum atomic E-state index is 14.1. The Hall–Kier alpha value is -1.21. The third-order valence-electron chi connectivity index (χ3n) is 3.27. The maximum absolute atomic E-state index is 14.1. The quantitative estimate of drug-likeness (QED) is 0.753. The van der Waals surface area contributed by atoms with E-state index in [9.17, 15) is 13.0 Å². The van der Waals surface area contributed by atoms with Gasteiger partial charge in [0.15, 0.2) is 0 Å². The molecular weight excluding hydrogens is 312 g/mol. The average molecular weight is 335 g/mol. The summed E-state index contributed by atoms with van der Waals surface area (Å²) < 4.78 is 50.8. The largest absolute Gasteiger partial charge is 0.496 e. The van der Waals surface area contributed by atoms with E-state index >= 15 is 0 Å². The molecule has 0 aliphatic carbocycles. The topological polar surface area (TPSA) is 61.5 Å². The van der Waals surface area contributed by atoms with Crippen LogP contribution < -0.4 is 15.2 Å². The number of halogens is 2. The second-order valence-electron chi connectivity index (χ2n) is 4.86. The van der Waals surface area contributed by atoms with Crippen LogP contribution in [0.25, 0.3) is 0 Å². The molecule has 2 N–H and O–H groups in total. The van der Waals surface area contributed by atoms with Crippen molar-refractivity contribution in [2.75, 3.05) is 20.8 Å². The minimum atomic E-state index is -3.30. The molecule has 0 aliphatic rings. The van der Waals surface area contributed by atoms with E-state index in [1.807, 2.05) is 6.92 Å². The van der Waals surface area contributed by atoms with E-state index in [0.717, 1.165) is 5.56 Å². The second-order valence-corrected chi connectivity index (χ2v) is 6.44. The van der Waals surface area contributed by atoms with Gasteiger partial charge in [0.05, 0.1) is 19.1 Å². The molecule has 0 bridgehead atoms. The molecule has 0 spiro atoms. The molecule has 0 saturated carbocycles. The molecule has 1 aromatic carbocycles. The van der Waals surface area contributed by atoms with E-state index in [1.165, 1.54) is 20.3 Å². The molecule has 0 fully saturated rings. The zero-order valence-corrected chi connectivity index (χ0v) is 14.0. The predicted molar refractivity (Wildman–Crippen MR) is 83.2 cm³/mol. The Balaban J connectivity index is 3.24. The van der Waals surface area contributed by atoms with Gasteiger partial charge in [-0.3, -0.25) is 0 Å². The van der Waals surface area contributed by atoms with Gasteiger partial charge in [0.1, 0.15) is 22.3 Å². The van der Waals surface area contributed by atoms with Gasteiger partial charge in [0.2, 0.25) is 0 Å². The van der Waals surface area contributed by atoms with Gasteiger partial charge in [-0.15, -0.1) is 0 Å². The van der Waals surface area contributed by atoms with Crippen LogP contribution in [-0.4, -0.2) is 30.2 Å². The van der Waals surface area contributed by atoms with E-state index in [4.69, 9.17) is 15.2 Å². The lowest BCUT2D eigenvalue weighted by molar-refractivity contribution is 0.0859. The highest BCUT2D eigenvalue weighted by Gasteiger charge is 2.39. The van der Waals surface area contributed by atoms with E-state index < -0.39 is 22.5 Å². The molecule has 0 heterocycles. The summed E-state index contributed by atoms with van der Waals surface area (Å²) in [5, 5.41) is -3.30. The zero-order chi connectivity index (χ0) is 16.8. The second kappa shape index (κ2) is 8.43. The summed E-state index contributed by atoms with van der Waals surface area (Å²) in [5.74, 6) is 0.555. The average Bonchev–Trinajstić information content (AvgIpc) is 2.52. The molecule has 1 atom stereocenters. The molecule has 0 aromatic heterocycles. The molecule has 0 radical (unpaired) electrons. The first-order chi connectivity index (χ1) is 10.4. The van der Waals surface area contributed by atoms with Crippen molar-refractivity contribution >= 4 is 10.8 Å². The number of nitrogens with two attached hydrogens (primary N) is 1. The Kier molecular flexibility index (Phi) is 7.22. The normalized spacial score (nSPS) is 13.0. The molecule has 4 nitrogen and oxygen atoms in total. The first-order valence-electron chi connectivity index (χ1n) is 7.15. The fourth-order valence-corrected chi connectivity index (χ4v) is 3.26. The van der Waals surface area contributed by atoms with E-state index in [2.05, 4.69) is 0 Å². The number of unbranched alkanes of at least 4 members (excludes halogenated alkanes) is 1. The van der Waals surface area contributed by atoms with Crippen LogP contribution in [0.1, 0.15) is 31.7 Å². The molecule has 126 valence electrons. The number of alkyl halides is 2. The van der Waals surface area contributed by atoms with Gasteiger partial charge in [-0.2, -0.15) is 8.78 Å². The van der Waals surface area contributed by atoms with Crippen molar-refractivity contribution in [1.82, 2.24) is 0 Å². The van der Waals surface area contributed by atoms with Crippen molar-refractivity contribution in [3.8, 4) is 11.5 Å². The van der Waals surface area contributed by atoms with Gasteiger partial charge in [0, 0.05) is 12.5 Å². The summed E-state index contributed by atoms with van der Waals surface area (Å²) in [6, 6.07) is 2.93. The lowest BCUT2D eigenvalue weighted by Crippen LogP contribution is -2.23. The summed E-state index contributed by atoms with van der Waals surface area (Å²) in [6.07, 6.45) is 1.01. The Morgan fingerprint density at radius 1 is 1.23 bits per heavy atom. The highest BCUT2D eigenvalue weighted by atomic mass is 32.2. The first-order valence-corrected chi connectivity index (χ1v) is 8.30. The van der Waals surface area contributed by atoms with Crippen LogP contribution in [0.15, 0.2) is 17.0 Å². The molecular formula is C15H23F2NO3S. The number of methoxy groups -OCH3 is 2.